The second kappa shape index (κ2) is 10.6. The Labute approximate surface area is 258 Å². The summed E-state index contributed by atoms with van der Waals surface area (Å²) in [5.74, 6) is 2.88. The maximum absolute atomic E-state index is 14.1. The van der Waals surface area contributed by atoms with Crippen LogP contribution in [0.4, 0.5) is 10.5 Å². The van der Waals surface area contributed by atoms with Gasteiger partial charge in [0.25, 0.3) is 5.56 Å². The van der Waals surface area contributed by atoms with Gasteiger partial charge in [0.1, 0.15) is 35.0 Å². The molecule has 0 radical (unpaired) electrons. The zero-order chi connectivity index (χ0) is 30.6. The third-order valence-electron chi connectivity index (χ3n) is 7.69. The second-order valence-corrected chi connectivity index (χ2v) is 11.6. The van der Waals surface area contributed by atoms with Gasteiger partial charge >= 0.3 is 12.0 Å². The van der Waals surface area contributed by atoms with Gasteiger partial charge in [-0.15, -0.1) is 6.42 Å². The number of hydrogen-bond donors (Lipinski definition) is 2. The largest absolute Gasteiger partial charge is 0.495 e. The van der Waals surface area contributed by atoms with Crippen LogP contribution in [-0.2, 0) is 15.3 Å². The second-order valence-electron chi connectivity index (χ2n) is 10.2. The van der Waals surface area contributed by atoms with Crippen molar-refractivity contribution in [2.75, 3.05) is 25.5 Å². The summed E-state index contributed by atoms with van der Waals surface area (Å²) in [5, 5.41) is 3.99. The number of quaternary nitrogens is 1. The van der Waals surface area contributed by atoms with Crippen molar-refractivity contribution >= 4 is 63.1 Å². The van der Waals surface area contributed by atoms with Crippen LogP contribution in [0.5, 0.6) is 5.75 Å². The Kier molecular flexibility index (Phi) is 6.73. The number of cyclic esters (lactones) is 1. The number of ether oxygens (including phenoxy) is 2. The highest BCUT2D eigenvalue weighted by Gasteiger charge is 2.70. The summed E-state index contributed by atoms with van der Waals surface area (Å²) in [5.41, 5.74) is 1.88. The highest BCUT2D eigenvalue weighted by Crippen LogP contribution is 2.38. The van der Waals surface area contributed by atoms with Gasteiger partial charge in [0.2, 0.25) is 12.1 Å². The predicted molar refractivity (Wildman–Crippen MR) is 162 cm³/mol. The normalized spacial score (nSPS) is 20.5. The van der Waals surface area contributed by atoms with Gasteiger partial charge in [0, 0.05) is 5.69 Å². The van der Waals surface area contributed by atoms with E-state index in [9.17, 15) is 14.4 Å². The van der Waals surface area contributed by atoms with E-state index in [1.54, 1.807) is 36.4 Å². The number of carbonyl (C=O) groups is 2. The molecule has 0 bridgehead atoms. The van der Waals surface area contributed by atoms with Crippen LogP contribution in [0, 0.1) is 12.3 Å². The number of morpholine rings is 1. The van der Waals surface area contributed by atoms with Gasteiger partial charge < -0.3 is 14.5 Å². The van der Waals surface area contributed by atoms with Gasteiger partial charge in [-0.1, -0.05) is 35.3 Å². The van der Waals surface area contributed by atoms with E-state index in [4.69, 9.17) is 32.5 Å². The molecule has 0 aliphatic carbocycles. The van der Waals surface area contributed by atoms with Gasteiger partial charge in [-0.05, 0) is 30.3 Å². The van der Waals surface area contributed by atoms with E-state index in [1.165, 1.54) is 36.1 Å². The topological polar surface area (TPSA) is 154 Å². The van der Waals surface area contributed by atoms with Crippen molar-refractivity contribution in [1.82, 2.24) is 29.5 Å². The lowest BCUT2D eigenvalue weighted by molar-refractivity contribution is -0.728. The number of rotatable bonds is 6. The zero-order valence-corrected chi connectivity index (χ0v) is 24.6. The number of urea groups is 1. The van der Waals surface area contributed by atoms with Crippen LogP contribution in [0.1, 0.15) is 5.82 Å². The van der Waals surface area contributed by atoms with Crippen molar-refractivity contribution < 1.29 is 23.5 Å². The number of fused-ring (bicyclic) bond motifs is 3. The third kappa shape index (κ3) is 4.53. The maximum Gasteiger partial charge on any atom is 0.422 e. The fourth-order valence-corrected chi connectivity index (χ4v) is 6.56. The molecule has 3 aromatic heterocycles. The molecule has 0 saturated carbocycles. The SMILES string of the molecule is C#CC1C[N+]2(C(=O)Nc3ccc(OC)c(-n4c(CSc5ncnc6nc[nH]c56)nc5cccc(Cl)c5c4=O)c3)CC2C(=O)O1. The van der Waals surface area contributed by atoms with Crippen molar-refractivity contribution in [3.8, 4) is 23.8 Å². The molecule has 2 aliphatic heterocycles. The van der Waals surface area contributed by atoms with Gasteiger partial charge in [-0.2, -0.15) is 0 Å². The fraction of sp³-hybridized carbons (Fsp3) is 0.207. The lowest BCUT2D eigenvalue weighted by atomic mass is 10.2. The fourth-order valence-electron chi connectivity index (χ4n) is 5.43. The standard InChI is InChI=1S/C29H21ClN8O5S/c1-3-16-10-38(11-20(38)28(40)43-16)29(41)35-15-7-8-21(42-2)19(9-15)37-22(36-18-6-4-5-17(30)23(18)27(37)39)12-44-26-24-25(32-13-31-24)33-14-34-26/h1,4-9,13-14,16,20H,10-12H2,2H3,(H-,31,32,33,34,35,41)/p+1. The van der Waals surface area contributed by atoms with E-state index in [1.807, 2.05) is 0 Å². The van der Waals surface area contributed by atoms with E-state index >= 15 is 0 Å². The summed E-state index contributed by atoms with van der Waals surface area (Å²) in [6.07, 6.45) is 7.65. The summed E-state index contributed by atoms with van der Waals surface area (Å²) in [6, 6.07) is 8.96. The number of aromatic amines is 1. The average Bonchev–Trinajstić information content (AvgIpc) is 3.59. The number of carbonyl (C=O) groups excluding carboxylic acids is 2. The van der Waals surface area contributed by atoms with Crippen molar-refractivity contribution in [3.63, 3.8) is 0 Å². The van der Waals surface area contributed by atoms with Gasteiger partial charge in [-0.25, -0.2) is 34.0 Å². The quantitative estimate of drug-likeness (QED) is 0.0714. The number of nitrogens with one attached hydrogen (secondary N) is 2. The van der Waals surface area contributed by atoms with Crippen molar-refractivity contribution in [2.24, 2.45) is 0 Å². The summed E-state index contributed by atoms with van der Waals surface area (Å²) in [4.78, 5) is 60.5. The first-order valence-electron chi connectivity index (χ1n) is 13.3. The summed E-state index contributed by atoms with van der Waals surface area (Å²) in [6.45, 7) is 0.481. The molecule has 15 heteroatoms. The Morgan fingerprint density at radius 1 is 1.27 bits per heavy atom. The van der Waals surface area contributed by atoms with Crippen molar-refractivity contribution in [2.45, 2.75) is 22.9 Å². The number of nitrogens with zero attached hydrogens (tertiary/aromatic N) is 6. The smallest absolute Gasteiger partial charge is 0.422 e. The highest BCUT2D eigenvalue weighted by atomic mass is 35.5. The average molecular weight is 630 g/mol. The molecule has 2 aliphatic rings. The number of halogens is 1. The first-order chi connectivity index (χ1) is 21.3. The van der Waals surface area contributed by atoms with Crippen LogP contribution in [0.2, 0.25) is 5.02 Å². The Hall–Kier alpha value is -4.97. The Morgan fingerprint density at radius 3 is 2.95 bits per heavy atom. The van der Waals surface area contributed by atoms with E-state index in [0.29, 0.717) is 51.2 Å². The zero-order valence-electron chi connectivity index (χ0n) is 23.0. The van der Waals surface area contributed by atoms with Crippen LogP contribution in [-0.4, -0.2) is 78.3 Å². The number of imidazole rings is 1. The first-order valence-corrected chi connectivity index (χ1v) is 14.7. The number of aromatic nitrogens is 6. The molecule has 3 unspecified atom stereocenters. The summed E-state index contributed by atoms with van der Waals surface area (Å²) < 4.78 is 12.1. The first kappa shape index (κ1) is 27.8. The predicted octanol–water partition coefficient (Wildman–Crippen LogP) is 3.30. The Morgan fingerprint density at radius 2 is 2.14 bits per heavy atom. The maximum atomic E-state index is 14.1. The molecule has 2 fully saturated rings. The van der Waals surface area contributed by atoms with Crippen LogP contribution in [0.3, 0.4) is 0 Å². The number of benzene rings is 2. The number of thioether (sulfide) groups is 1. The number of hydrogen-bond acceptors (Lipinski definition) is 10. The molecule has 5 heterocycles. The molecule has 2 N–H and O–H groups in total. The minimum absolute atomic E-state index is 0.148. The van der Waals surface area contributed by atoms with Crippen molar-refractivity contribution in [1.29, 1.82) is 0 Å². The van der Waals surface area contributed by atoms with Gasteiger partial charge in [-0.3, -0.25) is 14.7 Å². The molecule has 7 rings (SSSR count). The van der Waals surface area contributed by atoms with Gasteiger partial charge in [0.05, 0.1) is 40.8 Å². The molecule has 2 saturated heterocycles. The Bertz CT molecular complexity index is 2110. The Balaban J connectivity index is 1.30. The van der Waals surface area contributed by atoms with Crippen LogP contribution >= 0.6 is 23.4 Å². The number of terminal acetylenes is 1. The molecule has 5 aromatic rings. The number of amides is 2. The summed E-state index contributed by atoms with van der Waals surface area (Å²) in [7, 11) is 1.48. The van der Waals surface area contributed by atoms with Crippen LogP contribution in [0.25, 0.3) is 27.8 Å². The highest BCUT2D eigenvalue weighted by molar-refractivity contribution is 7.98. The van der Waals surface area contributed by atoms with Crippen LogP contribution in [0.15, 0.2) is 58.9 Å². The molecule has 220 valence electrons. The lowest BCUT2D eigenvalue weighted by Gasteiger charge is -2.25. The van der Waals surface area contributed by atoms with E-state index < -0.39 is 29.7 Å². The number of methoxy groups -OCH3 is 1. The minimum Gasteiger partial charge on any atom is -0.495 e. The molecular formula is C29H22ClN8O5S+. The van der Waals surface area contributed by atoms with Crippen LogP contribution < -0.4 is 15.6 Å². The number of anilines is 1. The minimum atomic E-state index is -0.789. The number of esters is 1. The van der Waals surface area contributed by atoms with E-state index in [2.05, 4.69) is 31.2 Å². The van der Waals surface area contributed by atoms with E-state index in [0.717, 1.165) is 0 Å². The van der Waals surface area contributed by atoms with Crippen molar-refractivity contribution in [3.05, 3.63) is 70.3 Å². The monoisotopic (exact) mass is 629 g/mol. The molecule has 3 atom stereocenters. The molecular weight excluding hydrogens is 608 g/mol. The molecule has 44 heavy (non-hydrogen) atoms. The lowest BCUT2D eigenvalue weighted by Crippen LogP contribution is -2.51. The molecule has 2 amide bonds. The molecule has 0 spiro atoms. The van der Waals surface area contributed by atoms with Gasteiger partial charge in [0.15, 0.2) is 12.2 Å². The number of H-pyrrole nitrogens is 1. The third-order valence-corrected chi connectivity index (χ3v) is 8.99. The molecule has 13 nitrogen and oxygen atoms in total. The molecule has 2 aromatic carbocycles. The summed E-state index contributed by atoms with van der Waals surface area (Å²) >= 11 is 7.83. The van der Waals surface area contributed by atoms with E-state index in [-0.39, 0.29) is 27.2 Å².